The molecule has 0 amide bonds. The molecule has 0 bridgehead atoms. The van der Waals surface area contributed by atoms with Gasteiger partial charge in [-0.25, -0.2) is 0 Å². The van der Waals surface area contributed by atoms with E-state index in [2.05, 4.69) is 30.2 Å². The molecule has 2 rings (SSSR count). The first-order chi connectivity index (χ1) is 8.11. The quantitative estimate of drug-likeness (QED) is 0.873. The van der Waals surface area contributed by atoms with E-state index in [4.69, 9.17) is 5.73 Å². The number of thiophene rings is 1. The van der Waals surface area contributed by atoms with E-state index in [1.54, 1.807) is 10.4 Å². The lowest BCUT2D eigenvalue weighted by Crippen LogP contribution is -2.32. The summed E-state index contributed by atoms with van der Waals surface area (Å²) in [7, 11) is 0. The lowest BCUT2D eigenvalue weighted by molar-refractivity contribution is 0.229. The Balaban J connectivity index is 1.75. The van der Waals surface area contributed by atoms with Gasteiger partial charge in [-0.05, 0) is 54.8 Å². The largest absolute Gasteiger partial charge is 0.330 e. The first-order valence-electron chi connectivity index (χ1n) is 6.58. The van der Waals surface area contributed by atoms with Crippen molar-refractivity contribution in [3.8, 4) is 0 Å². The summed E-state index contributed by atoms with van der Waals surface area (Å²) in [6.07, 6.45) is 3.74. The molecule has 0 spiro atoms. The summed E-state index contributed by atoms with van der Waals surface area (Å²) < 4.78 is 0. The molecule has 2 nitrogen and oxygen atoms in total. The topological polar surface area (TPSA) is 29.3 Å². The molecule has 1 aliphatic rings. The fourth-order valence-electron chi connectivity index (χ4n) is 2.38. The summed E-state index contributed by atoms with van der Waals surface area (Å²) >= 11 is 1.92. The van der Waals surface area contributed by atoms with Crippen LogP contribution in [0.4, 0.5) is 0 Å². The highest BCUT2D eigenvalue weighted by atomic mass is 32.1. The molecular formula is C14H24N2S. The molecule has 2 N–H and O–H groups in total. The molecule has 0 fully saturated rings. The maximum atomic E-state index is 5.76. The van der Waals surface area contributed by atoms with Gasteiger partial charge in [0.25, 0.3) is 0 Å². The third-order valence-corrected chi connectivity index (χ3v) is 4.79. The van der Waals surface area contributed by atoms with Gasteiger partial charge in [0.2, 0.25) is 0 Å². The Kier molecular flexibility index (Phi) is 4.23. The van der Waals surface area contributed by atoms with Gasteiger partial charge in [-0.3, -0.25) is 4.90 Å². The number of fused-ring (bicyclic) bond motifs is 1. The van der Waals surface area contributed by atoms with Gasteiger partial charge in [0.15, 0.2) is 0 Å². The molecule has 0 unspecified atom stereocenters. The molecule has 17 heavy (non-hydrogen) atoms. The number of nitrogens with two attached hydrogens (primary N) is 1. The highest BCUT2D eigenvalue weighted by Gasteiger charge is 2.19. The standard InChI is InChI=1S/C14H24N2S/c1-14(2,11-15)6-3-7-16-8-4-13-12(10-16)5-9-17-13/h5,9H,3-4,6-8,10-11,15H2,1-2H3. The van der Waals surface area contributed by atoms with Gasteiger partial charge in [-0.2, -0.15) is 0 Å². The second kappa shape index (κ2) is 5.51. The second-order valence-electron chi connectivity index (χ2n) is 5.87. The number of hydrogen-bond acceptors (Lipinski definition) is 3. The molecule has 3 heteroatoms. The first-order valence-corrected chi connectivity index (χ1v) is 7.46. The van der Waals surface area contributed by atoms with E-state index < -0.39 is 0 Å². The van der Waals surface area contributed by atoms with Crippen molar-refractivity contribution < 1.29 is 0 Å². The SMILES string of the molecule is CC(C)(CN)CCCN1CCc2sccc2C1. The van der Waals surface area contributed by atoms with E-state index in [1.807, 2.05) is 11.3 Å². The van der Waals surface area contributed by atoms with Gasteiger partial charge in [0.05, 0.1) is 0 Å². The molecular weight excluding hydrogens is 228 g/mol. The molecule has 0 saturated heterocycles. The molecule has 0 radical (unpaired) electrons. The third-order valence-electron chi connectivity index (χ3n) is 3.77. The molecule has 0 atom stereocenters. The molecule has 96 valence electrons. The van der Waals surface area contributed by atoms with E-state index in [1.165, 1.54) is 32.4 Å². The molecule has 1 aliphatic heterocycles. The minimum absolute atomic E-state index is 0.309. The van der Waals surface area contributed by atoms with Gasteiger partial charge >= 0.3 is 0 Å². The Morgan fingerprint density at radius 3 is 3.06 bits per heavy atom. The molecule has 0 saturated carbocycles. The summed E-state index contributed by atoms with van der Waals surface area (Å²) in [5.74, 6) is 0. The van der Waals surface area contributed by atoms with Crippen LogP contribution in [0.2, 0.25) is 0 Å². The highest BCUT2D eigenvalue weighted by molar-refractivity contribution is 7.10. The summed E-state index contributed by atoms with van der Waals surface area (Å²) in [4.78, 5) is 4.19. The second-order valence-corrected chi connectivity index (χ2v) is 6.87. The number of hydrogen-bond donors (Lipinski definition) is 1. The van der Waals surface area contributed by atoms with Crippen molar-refractivity contribution >= 4 is 11.3 Å². The average molecular weight is 252 g/mol. The fraction of sp³-hybridized carbons (Fsp3) is 0.714. The smallest absolute Gasteiger partial charge is 0.0244 e. The van der Waals surface area contributed by atoms with Crippen LogP contribution in [0.25, 0.3) is 0 Å². The summed E-state index contributed by atoms with van der Waals surface area (Å²) in [6.45, 7) is 8.93. The van der Waals surface area contributed by atoms with Crippen LogP contribution in [0.3, 0.4) is 0 Å². The van der Waals surface area contributed by atoms with Crippen LogP contribution in [-0.2, 0) is 13.0 Å². The minimum Gasteiger partial charge on any atom is -0.330 e. The van der Waals surface area contributed by atoms with Crippen LogP contribution in [0.5, 0.6) is 0 Å². The molecule has 2 heterocycles. The maximum absolute atomic E-state index is 5.76. The van der Waals surface area contributed by atoms with Crippen molar-refractivity contribution in [2.75, 3.05) is 19.6 Å². The molecule has 0 aliphatic carbocycles. The van der Waals surface area contributed by atoms with Crippen LogP contribution in [-0.4, -0.2) is 24.5 Å². The molecule has 1 aromatic rings. The fourth-order valence-corrected chi connectivity index (χ4v) is 3.27. The maximum Gasteiger partial charge on any atom is 0.0244 e. The molecule has 0 aromatic carbocycles. The zero-order valence-electron chi connectivity index (χ0n) is 11.0. The molecule has 1 aromatic heterocycles. The Bertz CT molecular complexity index is 357. The van der Waals surface area contributed by atoms with Gasteiger partial charge in [-0.15, -0.1) is 11.3 Å². The summed E-state index contributed by atoms with van der Waals surface area (Å²) in [6, 6.07) is 2.29. The Hall–Kier alpha value is -0.380. The van der Waals surface area contributed by atoms with Crippen LogP contribution in [0.15, 0.2) is 11.4 Å². The monoisotopic (exact) mass is 252 g/mol. The van der Waals surface area contributed by atoms with E-state index in [0.717, 1.165) is 13.1 Å². The van der Waals surface area contributed by atoms with Gasteiger partial charge in [-0.1, -0.05) is 13.8 Å². The van der Waals surface area contributed by atoms with Gasteiger partial charge in [0.1, 0.15) is 0 Å². The van der Waals surface area contributed by atoms with Crippen molar-refractivity contribution in [3.05, 3.63) is 21.9 Å². The van der Waals surface area contributed by atoms with Crippen LogP contribution >= 0.6 is 11.3 Å². The zero-order chi connectivity index (χ0) is 12.3. The lowest BCUT2D eigenvalue weighted by atomic mass is 9.88. The van der Waals surface area contributed by atoms with Crippen molar-refractivity contribution in [2.24, 2.45) is 11.1 Å². The first kappa shape index (κ1) is 13.1. The number of rotatable bonds is 5. The Morgan fingerprint density at radius 1 is 1.47 bits per heavy atom. The van der Waals surface area contributed by atoms with Crippen LogP contribution in [0, 0.1) is 5.41 Å². The average Bonchev–Trinajstić information content (AvgIpc) is 2.76. The normalized spacial score (nSPS) is 17.1. The summed E-state index contributed by atoms with van der Waals surface area (Å²) in [5, 5.41) is 2.23. The van der Waals surface area contributed by atoms with Gasteiger partial charge < -0.3 is 5.73 Å². The van der Waals surface area contributed by atoms with Crippen LogP contribution < -0.4 is 5.73 Å². The van der Waals surface area contributed by atoms with Crippen LogP contribution in [0.1, 0.15) is 37.1 Å². The predicted octanol–water partition coefficient (Wildman–Crippen LogP) is 2.87. The van der Waals surface area contributed by atoms with Gasteiger partial charge in [0, 0.05) is 18.0 Å². The van der Waals surface area contributed by atoms with E-state index in [-0.39, 0.29) is 0 Å². The Labute approximate surface area is 109 Å². The van der Waals surface area contributed by atoms with Crippen molar-refractivity contribution in [1.29, 1.82) is 0 Å². The van der Waals surface area contributed by atoms with E-state index in [9.17, 15) is 0 Å². The predicted molar refractivity (Wildman–Crippen MR) is 75.4 cm³/mol. The lowest BCUT2D eigenvalue weighted by Gasteiger charge is -2.29. The summed E-state index contributed by atoms with van der Waals surface area (Å²) in [5.41, 5.74) is 7.63. The van der Waals surface area contributed by atoms with Crippen molar-refractivity contribution in [1.82, 2.24) is 4.90 Å². The number of nitrogens with zero attached hydrogens (tertiary/aromatic N) is 1. The highest BCUT2D eigenvalue weighted by Crippen LogP contribution is 2.25. The minimum atomic E-state index is 0.309. The van der Waals surface area contributed by atoms with Crippen molar-refractivity contribution in [3.63, 3.8) is 0 Å². The van der Waals surface area contributed by atoms with Crippen molar-refractivity contribution in [2.45, 2.75) is 39.7 Å². The third kappa shape index (κ3) is 3.54. The zero-order valence-corrected chi connectivity index (χ0v) is 11.9. The van der Waals surface area contributed by atoms with E-state index >= 15 is 0 Å². The van der Waals surface area contributed by atoms with E-state index in [0.29, 0.717) is 5.41 Å². The Morgan fingerprint density at radius 2 is 2.29 bits per heavy atom.